The minimum Gasteiger partial charge on any atom is -0.507 e. The Morgan fingerprint density at radius 2 is 1.71 bits per heavy atom. The van der Waals surface area contributed by atoms with E-state index in [9.17, 15) is 29.4 Å². The molecule has 0 fully saturated rings. The Morgan fingerprint density at radius 3 is 2.32 bits per heavy atom. The molecule has 9 nitrogen and oxygen atoms in total. The Hall–Kier alpha value is -4.40. The van der Waals surface area contributed by atoms with E-state index in [1.807, 2.05) is 24.3 Å². The molecular weight excluding hydrogens is 488 g/mol. The summed E-state index contributed by atoms with van der Waals surface area (Å²) in [6.07, 6.45) is 2.63. The highest BCUT2D eigenvalue weighted by molar-refractivity contribution is 6.31. The number of rotatable bonds is 5. The van der Waals surface area contributed by atoms with Crippen LogP contribution in [-0.2, 0) is 32.6 Å². The number of ketones is 3. The summed E-state index contributed by atoms with van der Waals surface area (Å²) >= 11 is 0. The first-order chi connectivity index (χ1) is 17.9. The first-order valence-electron chi connectivity index (χ1n) is 12.3. The number of ether oxygens (including phenoxy) is 1. The number of benzene rings is 2. The van der Waals surface area contributed by atoms with Gasteiger partial charge in [-0.3, -0.25) is 19.2 Å². The van der Waals surface area contributed by atoms with Gasteiger partial charge >= 0.3 is 0 Å². The predicted molar refractivity (Wildman–Crippen MR) is 137 cm³/mol. The average molecular weight is 517 g/mol. The fourth-order valence-electron chi connectivity index (χ4n) is 5.60. The topological polar surface area (TPSA) is 142 Å². The van der Waals surface area contributed by atoms with Gasteiger partial charge in [0.05, 0.1) is 17.7 Å². The van der Waals surface area contributed by atoms with Gasteiger partial charge in [-0.05, 0) is 51.7 Å². The zero-order chi connectivity index (χ0) is 27.5. The molecule has 4 N–H and O–H groups in total. The van der Waals surface area contributed by atoms with Crippen molar-refractivity contribution in [1.82, 2.24) is 10.6 Å². The fourth-order valence-corrected chi connectivity index (χ4v) is 5.60. The summed E-state index contributed by atoms with van der Waals surface area (Å²) in [7, 11) is 0. The lowest BCUT2D eigenvalue weighted by molar-refractivity contribution is -0.124. The Bertz CT molecular complexity index is 1490. The highest BCUT2D eigenvalue weighted by atomic mass is 16.5. The van der Waals surface area contributed by atoms with Gasteiger partial charge in [0.15, 0.2) is 17.3 Å². The minimum absolute atomic E-state index is 0.0191. The molecule has 2 aromatic rings. The van der Waals surface area contributed by atoms with E-state index in [0.717, 1.165) is 18.9 Å². The molecule has 0 radical (unpaired) electrons. The second kappa shape index (κ2) is 8.86. The van der Waals surface area contributed by atoms with Gasteiger partial charge in [-0.15, -0.1) is 0 Å². The molecule has 2 aromatic carbocycles. The molecule has 9 heteroatoms. The number of phenolic OH excluding ortho intramolecular Hbond substituents is 2. The van der Waals surface area contributed by atoms with E-state index in [0.29, 0.717) is 0 Å². The monoisotopic (exact) mass is 516 g/mol. The molecule has 0 aromatic heterocycles. The third-order valence-corrected chi connectivity index (χ3v) is 7.69. The van der Waals surface area contributed by atoms with E-state index in [4.69, 9.17) is 4.74 Å². The van der Waals surface area contributed by atoms with Gasteiger partial charge in [0.2, 0.25) is 5.91 Å². The van der Waals surface area contributed by atoms with E-state index in [2.05, 4.69) is 10.6 Å². The van der Waals surface area contributed by atoms with Crippen molar-refractivity contribution in [3.8, 4) is 17.2 Å². The lowest BCUT2D eigenvalue weighted by atomic mass is 9.70. The zero-order valence-electron chi connectivity index (χ0n) is 21.5. The molecule has 3 aliphatic rings. The first-order valence-corrected chi connectivity index (χ1v) is 12.3. The van der Waals surface area contributed by atoms with Crippen LogP contribution in [0.2, 0.25) is 0 Å². The number of carbonyl (C=O) groups excluding carboxylic acids is 4. The van der Waals surface area contributed by atoms with Gasteiger partial charge in [0.25, 0.3) is 0 Å². The SMILES string of the molecule is CC(=O)c1c(O)c(C)c(O)c2c1OC1=CC(=O)/C(=C(/C)NCC(=O)NC3Cc4ccccc4C3)C(=O)[C@@]12C. The zero-order valence-corrected chi connectivity index (χ0v) is 21.5. The molecule has 1 heterocycles. The molecule has 2 aliphatic carbocycles. The van der Waals surface area contributed by atoms with Crippen molar-refractivity contribution in [2.45, 2.75) is 52.0 Å². The molecule has 5 rings (SSSR count). The maximum Gasteiger partial charge on any atom is 0.239 e. The maximum atomic E-state index is 13.8. The number of fused-ring (bicyclic) bond motifs is 4. The summed E-state index contributed by atoms with van der Waals surface area (Å²) in [5.74, 6) is -3.09. The summed E-state index contributed by atoms with van der Waals surface area (Å²) in [5.41, 5.74) is 0.709. The molecule has 0 unspecified atom stereocenters. The molecule has 0 spiro atoms. The van der Waals surface area contributed by atoms with Crippen molar-refractivity contribution in [3.05, 3.63) is 75.2 Å². The molecule has 0 bridgehead atoms. The van der Waals surface area contributed by atoms with Crippen LogP contribution in [0.15, 0.2) is 47.4 Å². The van der Waals surface area contributed by atoms with E-state index in [1.54, 1.807) is 0 Å². The van der Waals surface area contributed by atoms with Crippen molar-refractivity contribution < 1.29 is 34.1 Å². The number of allylic oxidation sites excluding steroid dienone is 4. The molecule has 1 aliphatic heterocycles. The number of aromatic hydroxyl groups is 2. The van der Waals surface area contributed by atoms with Crippen LogP contribution in [0.5, 0.6) is 17.2 Å². The summed E-state index contributed by atoms with van der Waals surface area (Å²) in [6.45, 7) is 5.54. The Labute approximate surface area is 219 Å². The Balaban J connectivity index is 1.40. The molecular formula is C29H28N2O7. The normalized spacial score (nSPS) is 21.2. The molecule has 1 amide bonds. The van der Waals surface area contributed by atoms with Gasteiger partial charge in [-0.25, -0.2) is 0 Å². The Kier molecular flexibility index (Phi) is 5.89. The molecule has 38 heavy (non-hydrogen) atoms. The minimum atomic E-state index is -1.61. The third-order valence-electron chi connectivity index (χ3n) is 7.69. The van der Waals surface area contributed by atoms with E-state index >= 15 is 0 Å². The first kappa shape index (κ1) is 25.3. The van der Waals surface area contributed by atoms with Crippen molar-refractivity contribution in [1.29, 1.82) is 0 Å². The molecule has 0 saturated heterocycles. The molecule has 1 atom stereocenters. The second-order valence-corrected chi connectivity index (χ2v) is 10.2. The highest BCUT2D eigenvalue weighted by Crippen LogP contribution is 2.57. The summed E-state index contributed by atoms with van der Waals surface area (Å²) < 4.78 is 5.76. The van der Waals surface area contributed by atoms with Crippen LogP contribution in [0.4, 0.5) is 0 Å². The molecule has 0 saturated carbocycles. The lowest BCUT2D eigenvalue weighted by Crippen LogP contribution is -2.43. The van der Waals surface area contributed by atoms with Crippen molar-refractivity contribution in [2.75, 3.05) is 6.54 Å². The quantitative estimate of drug-likeness (QED) is 0.270. The number of Topliss-reactive ketones (excluding diaryl/α,β-unsaturated/α-hetero) is 2. The maximum absolute atomic E-state index is 13.8. The number of hydrogen-bond donors (Lipinski definition) is 4. The van der Waals surface area contributed by atoms with E-state index < -0.39 is 34.3 Å². The number of phenols is 2. The van der Waals surface area contributed by atoms with Crippen LogP contribution < -0.4 is 15.4 Å². The predicted octanol–water partition coefficient (Wildman–Crippen LogP) is 2.44. The van der Waals surface area contributed by atoms with E-state index in [-0.39, 0.29) is 58.0 Å². The van der Waals surface area contributed by atoms with Crippen LogP contribution >= 0.6 is 0 Å². The van der Waals surface area contributed by atoms with Gasteiger partial charge in [-0.1, -0.05) is 24.3 Å². The van der Waals surface area contributed by atoms with Crippen LogP contribution in [0.3, 0.4) is 0 Å². The van der Waals surface area contributed by atoms with Crippen molar-refractivity contribution in [3.63, 3.8) is 0 Å². The van der Waals surface area contributed by atoms with Gasteiger partial charge in [0.1, 0.15) is 34.0 Å². The summed E-state index contributed by atoms with van der Waals surface area (Å²) in [4.78, 5) is 51.8. The van der Waals surface area contributed by atoms with Crippen LogP contribution in [-0.4, -0.2) is 46.1 Å². The van der Waals surface area contributed by atoms with Crippen molar-refractivity contribution in [2.24, 2.45) is 0 Å². The summed E-state index contributed by atoms with van der Waals surface area (Å²) in [6, 6.07) is 8.00. The number of hydrogen-bond acceptors (Lipinski definition) is 8. The Morgan fingerprint density at radius 1 is 1.08 bits per heavy atom. The average Bonchev–Trinajstić information content (AvgIpc) is 3.39. The second-order valence-electron chi connectivity index (χ2n) is 10.2. The smallest absolute Gasteiger partial charge is 0.239 e. The van der Waals surface area contributed by atoms with Gasteiger partial charge in [0, 0.05) is 23.4 Å². The number of nitrogens with one attached hydrogen (secondary N) is 2. The standard InChI is InChI=1S/C29H28N2O7/c1-13-25(35)23(15(3)32)27-24(26(13)36)29(4)20(38-27)11-19(33)22(28(29)37)14(2)30-12-21(34)31-18-9-16-7-5-6-8-17(16)10-18/h5-8,11,18,30,35-36H,9-10,12H2,1-4H3,(H,31,34)/b22-14+/t29-/m0/s1. The van der Waals surface area contributed by atoms with Crippen LogP contribution in [0.1, 0.15) is 53.4 Å². The fraction of sp³-hybridized carbons (Fsp3) is 0.310. The van der Waals surface area contributed by atoms with Crippen molar-refractivity contribution >= 4 is 23.3 Å². The van der Waals surface area contributed by atoms with Gasteiger partial charge < -0.3 is 25.6 Å². The summed E-state index contributed by atoms with van der Waals surface area (Å²) in [5, 5.41) is 27.2. The largest absolute Gasteiger partial charge is 0.507 e. The van der Waals surface area contributed by atoms with Crippen LogP contribution in [0, 0.1) is 6.92 Å². The lowest BCUT2D eigenvalue weighted by Gasteiger charge is -2.29. The van der Waals surface area contributed by atoms with Crippen LogP contribution in [0.25, 0.3) is 0 Å². The molecule has 196 valence electrons. The number of carbonyl (C=O) groups is 4. The number of amides is 1. The third kappa shape index (κ3) is 3.69. The highest BCUT2D eigenvalue weighted by Gasteiger charge is 2.56. The van der Waals surface area contributed by atoms with E-state index in [1.165, 1.54) is 38.8 Å². The van der Waals surface area contributed by atoms with Gasteiger partial charge in [-0.2, -0.15) is 0 Å².